The Kier molecular flexibility index (Phi) is 5.14. The summed E-state index contributed by atoms with van der Waals surface area (Å²) in [6.07, 6.45) is 2.80. The summed E-state index contributed by atoms with van der Waals surface area (Å²) in [5.74, 6) is 0.273. The van der Waals surface area contributed by atoms with Gasteiger partial charge in [-0.1, -0.05) is 12.5 Å². The van der Waals surface area contributed by atoms with E-state index < -0.39 is 11.0 Å². The van der Waals surface area contributed by atoms with Crippen LogP contribution < -0.4 is 4.74 Å². The summed E-state index contributed by atoms with van der Waals surface area (Å²) in [4.78, 5) is 12.9. The van der Waals surface area contributed by atoms with Crippen molar-refractivity contribution in [2.75, 3.05) is 13.7 Å². The lowest BCUT2D eigenvalue weighted by molar-refractivity contribution is -0.385. The zero-order chi connectivity index (χ0) is 15.4. The van der Waals surface area contributed by atoms with E-state index in [0.717, 1.165) is 31.4 Å². The molecule has 1 aromatic carbocycles. The summed E-state index contributed by atoms with van der Waals surface area (Å²) in [6, 6.07) is 5.17. The first-order chi connectivity index (χ1) is 10.0. The van der Waals surface area contributed by atoms with E-state index in [2.05, 4.69) is 4.90 Å². The van der Waals surface area contributed by atoms with Crippen molar-refractivity contribution in [3.05, 3.63) is 33.9 Å². The Morgan fingerprint density at radius 2 is 2.29 bits per heavy atom. The highest BCUT2D eigenvalue weighted by atomic mass is 16.6. The summed E-state index contributed by atoms with van der Waals surface area (Å²) in [5, 5.41) is 21.0. The van der Waals surface area contributed by atoms with Crippen LogP contribution in [0.3, 0.4) is 0 Å². The number of piperidine rings is 1. The lowest BCUT2D eigenvalue weighted by atomic mass is 9.97. The van der Waals surface area contributed by atoms with E-state index in [9.17, 15) is 15.2 Å². The van der Waals surface area contributed by atoms with E-state index in [1.807, 2.05) is 6.07 Å². The summed E-state index contributed by atoms with van der Waals surface area (Å²) in [7, 11) is 1.43. The number of hydrogen-bond donors (Lipinski definition) is 1. The van der Waals surface area contributed by atoms with Crippen molar-refractivity contribution in [2.24, 2.45) is 0 Å². The van der Waals surface area contributed by atoms with E-state index in [0.29, 0.717) is 6.54 Å². The number of aliphatic hydroxyl groups excluding tert-OH is 1. The highest BCUT2D eigenvalue weighted by Crippen LogP contribution is 2.29. The maximum atomic E-state index is 11.1. The third kappa shape index (κ3) is 3.71. The topological polar surface area (TPSA) is 75.8 Å². The van der Waals surface area contributed by atoms with E-state index in [1.165, 1.54) is 7.11 Å². The Balaban J connectivity index is 2.18. The van der Waals surface area contributed by atoms with Gasteiger partial charge < -0.3 is 9.84 Å². The first-order valence-corrected chi connectivity index (χ1v) is 7.26. The molecule has 0 aromatic heterocycles. The second-order valence-electron chi connectivity index (χ2n) is 5.54. The van der Waals surface area contributed by atoms with Crippen molar-refractivity contribution in [3.63, 3.8) is 0 Å². The third-order valence-corrected chi connectivity index (χ3v) is 4.05. The molecule has 1 fully saturated rings. The third-order valence-electron chi connectivity index (χ3n) is 4.05. The van der Waals surface area contributed by atoms with Crippen LogP contribution in [0.15, 0.2) is 18.2 Å². The first-order valence-electron chi connectivity index (χ1n) is 7.26. The van der Waals surface area contributed by atoms with Crippen molar-refractivity contribution in [3.8, 4) is 5.75 Å². The van der Waals surface area contributed by atoms with Crippen LogP contribution in [-0.4, -0.2) is 40.7 Å². The fourth-order valence-corrected chi connectivity index (χ4v) is 2.97. The Bertz CT molecular complexity index is 504. The second kappa shape index (κ2) is 6.87. The number of nitro benzene ring substituents is 1. The van der Waals surface area contributed by atoms with Gasteiger partial charge in [0.15, 0.2) is 5.75 Å². The molecule has 2 atom stereocenters. The van der Waals surface area contributed by atoms with Crippen LogP contribution in [0.2, 0.25) is 0 Å². The summed E-state index contributed by atoms with van der Waals surface area (Å²) in [6.45, 7) is 3.33. The normalized spacial score (nSPS) is 21.0. The molecule has 1 N–H and O–H groups in total. The zero-order valence-electron chi connectivity index (χ0n) is 12.5. The minimum atomic E-state index is -0.426. The molecule has 2 rings (SSSR count). The fraction of sp³-hybridized carbons (Fsp3) is 0.600. The molecule has 0 bridgehead atoms. The molecule has 0 radical (unpaired) electrons. The average molecular weight is 294 g/mol. The zero-order valence-corrected chi connectivity index (χ0v) is 12.5. The van der Waals surface area contributed by atoms with Gasteiger partial charge in [-0.05, 0) is 37.9 Å². The number of ether oxygens (including phenoxy) is 1. The standard InChI is InChI=1S/C15H22N2O4/c1-11(18)13-5-3-4-8-16(13)10-12-6-7-15(21-2)14(9-12)17(19)20/h6-7,9,11,13,18H,3-5,8,10H2,1-2H3. The summed E-state index contributed by atoms with van der Waals surface area (Å²) < 4.78 is 5.02. The molecule has 6 nitrogen and oxygen atoms in total. The summed E-state index contributed by atoms with van der Waals surface area (Å²) in [5.41, 5.74) is 0.857. The van der Waals surface area contributed by atoms with Gasteiger partial charge in [-0.25, -0.2) is 0 Å². The number of likely N-dealkylation sites (tertiary alicyclic amines) is 1. The molecule has 0 amide bonds. The smallest absolute Gasteiger partial charge is 0.311 e. The monoisotopic (exact) mass is 294 g/mol. The Morgan fingerprint density at radius 3 is 2.90 bits per heavy atom. The number of aliphatic hydroxyl groups is 1. The largest absolute Gasteiger partial charge is 0.490 e. The predicted molar refractivity (Wildman–Crippen MR) is 79.4 cm³/mol. The van der Waals surface area contributed by atoms with Crippen molar-refractivity contribution >= 4 is 5.69 Å². The van der Waals surface area contributed by atoms with Crippen molar-refractivity contribution < 1.29 is 14.8 Å². The number of benzene rings is 1. The lowest BCUT2D eigenvalue weighted by Crippen LogP contribution is -2.45. The first kappa shape index (κ1) is 15.7. The molecule has 116 valence electrons. The SMILES string of the molecule is COc1ccc(CN2CCCCC2C(C)O)cc1[N+](=O)[O-]. The minimum Gasteiger partial charge on any atom is -0.490 e. The lowest BCUT2D eigenvalue weighted by Gasteiger charge is -2.37. The molecule has 0 aliphatic carbocycles. The molecule has 6 heteroatoms. The minimum absolute atomic E-state index is 0.0133. The van der Waals surface area contributed by atoms with Crippen LogP contribution in [0.4, 0.5) is 5.69 Å². The van der Waals surface area contributed by atoms with Gasteiger partial charge >= 0.3 is 5.69 Å². The molecule has 21 heavy (non-hydrogen) atoms. The predicted octanol–water partition coefficient (Wildman–Crippen LogP) is 2.34. The van der Waals surface area contributed by atoms with Crippen LogP contribution >= 0.6 is 0 Å². The molecular formula is C15H22N2O4. The molecule has 1 aromatic rings. The van der Waals surface area contributed by atoms with Gasteiger partial charge in [-0.3, -0.25) is 15.0 Å². The number of nitrogens with zero attached hydrogens (tertiary/aromatic N) is 2. The highest BCUT2D eigenvalue weighted by molar-refractivity contribution is 5.48. The van der Waals surface area contributed by atoms with E-state index in [-0.39, 0.29) is 17.5 Å². The number of nitro groups is 1. The van der Waals surface area contributed by atoms with Crippen LogP contribution in [0, 0.1) is 10.1 Å². The fourth-order valence-electron chi connectivity index (χ4n) is 2.97. The molecule has 1 aliphatic heterocycles. The van der Waals surface area contributed by atoms with E-state index in [1.54, 1.807) is 19.1 Å². The molecule has 0 saturated carbocycles. The second-order valence-corrected chi connectivity index (χ2v) is 5.54. The van der Waals surface area contributed by atoms with Crippen molar-refractivity contribution in [1.29, 1.82) is 0 Å². The number of rotatable bonds is 5. The van der Waals surface area contributed by atoms with Crippen LogP contribution in [0.1, 0.15) is 31.7 Å². The molecule has 1 saturated heterocycles. The summed E-state index contributed by atoms with van der Waals surface area (Å²) >= 11 is 0. The quantitative estimate of drug-likeness (QED) is 0.666. The molecule has 0 spiro atoms. The number of methoxy groups -OCH3 is 1. The van der Waals surface area contributed by atoms with Gasteiger partial charge in [0.25, 0.3) is 0 Å². The highest BCUT2D eigenvalue weighted by Gasteiger charge is 2.26. The molecule has 1 heterocycles. The van der Waals surface area contributed by atoms with E-state index >= 15 is 0 Å². The van der Waals surface area contributed by atoms with Crippen molar-refractivity contribution in [2.45, 2.75) is 44.9 Å². The molecular weight excluding hydrogens is 272 g/mol. The van der Waals surface area contributed by atoms with Gasteiger partial charge in [-0.2, -0.15) is 0 Å². The average Bonchev–Trinajstić information content (AvgIpc) is 2.47. The molecule has 2 unspecified atom stereocenters. The maximum Gasteiger partial charge on any atom is 0.311 e. The Morgan fingerprint density at radius 1 is 1.52 bits per heavy atom. The van der Waals surface area contributed by atoms with E-state index in [4.69, 9.17) is 4.74 Å². The van der Waals surface area contributed by atoms with Gasteiger partial charge in [0.2, 0.25) is 0 Å². The Hall–Kier alpha value is -1.66. The van der Waals surface area contributed by atoms with Gasteiger partial charge in [-0.15, -0.1) is 0 Å². The maximum absolute atomic E-state index is 11.1. The van der Waals surface area contributed by atoms with Crippen LogP contribution in [0.25, 0.3) is 0 Å². The van der Waals surface area contributed by atoms with Crippen molar-refractivity contribution in [1.82, 2.24) is 4.90 Å². The van der Waals surface area contributed by atoms with Crippen LogP contribution in [-0.2, 0) is 6.54 Å². The van der Waals surface area contributed by atoms with Gasteiger partial charge in [0.1, 0.15) is 0 Å². The molecule has 1 aliphatic rings. The van der Waals surface area contributed by atoms with Gasteiger partial charge in [0.05, 0.1) is 18.1 Å². The van der Waals surface area contributed by atoms with Gasteiger partial charge in [0, 0.05) is 18.7 Å². The number of hydrogen-bond acceptors (Lipinski definition) is 5. The Labute approximate surface area is 124 Å². The van der Waals surface area contributed by atoms with Crippen LogP contribution in [0.5, 0.6) is 5.75 Å².